The lowest BCUT2D eigenvalue weighted by Crippen LogP contribution is -2.61. The molecule has 22 N–H and O–H groups in total. The first-order chi connectivity index (χ1) is 50.1. The molecule has 3 aromatic carbocycles. The number of carbonyl (C=O) groups excluding carboxylic acids is 13. The van der Waals surface area contributed by atoms with Crippen molar-refractivity contribution in [3.8, 4) is 17.2 Å². The zero-order valence-corrected chi connectivity index (χ0v) is 61.0. The van der Waals surface area contributed by atoms with Gasteiger partial charge in [0, 0.05) is 49.5 Å². The summed E-state index contributed by atoms with van der Waals surface area (Å²) in [5.74, 6) is -13.7. The van der Waals surface area contributed by atoms with Crippen molar-refractivity contribution in [1.82, 2.24) is 78.4 Å². The maximum absolute atomic E-state index is 14.5. The lowest BCUT2D eigenvalue weighted by molar-refractivity contribution is -0.137. The quantitative estimate of drug-likeness (QED) is 0.0214. The number of phenols is 3. The maximum atomic E-state index is 14.5. The first kappa shape index (κ1) is 85.2. The average Bonchev–Trinajstić information content (AvgIpc) is 1.84. The van der Waals surface area contributed by atoms with Gasteiger partial charge in [-0.3, -0.25) is 62.3 Å². The van der Waals surface area contributed by atoms with E-state index in [4.69, 9.17) is 17.2 Å². The standard InChI is InChI=1S/C72H102N18O16/c1-10-39(7)60(71(105)83-52(62(75)96)27-43-14-21-48(92)22-15-43)89-66(100)51(25-18-42-12-19-47(91)20-13-42)82-68(102)56(31-57(74)94)87-70(104)59(38(5)6)88-63(97)41(9)81-58(95)34-78-65(99)53(26-37(3)4)85-67(101)54(28-44-16-23-49(93)24-17-44)86-72(106)61(40(8)11-2)90-69(103)55(30-46-33-77-36-80-46)84-64(98)50(73)29-45-32-76-35-79-45/h12-17,19-24,32-33,35-41,50-56,59-61,91-93H,10-11,18,25-31,34,73H2,1-9H3,(H2,74,94)(H2,75,96)(H,76,79)(H,77,80)(H,78,99)(H,81,95)(H,82,102)(H,83,105)(H,84,98)(H,85,101)(H,86,106)(H,87,104)(H,88,97)(H,89,100)(H,90,103)/t39-,40-,41-,50-,51-,52-,53-,54?,55-,56-,59-,60-,61-/m0/s1. The maximum Gasteiger partial charge on any atom is 0.243 e. The summed E-state index contributed by atoms with van der Waals surface area (Å²) in [6.45, 7) is 14.1. The monoisotopic (exact) mass is 1470 g/mol. The Morgan fingerprint density at radius 3 is 1.31 bits per heavy atom. The molecule has 0 aliphatic carbocycles. The van der Waals surface area contributed by atoms with Crippen LogP contribution in [0.2, 0.25) is 0 Å². The van der Waals surface area contributed by atoms with Gasteiger partial charge in [0.05, 0.1) is 31.7 Å². The molecule has 2 heterocycles. The Hall–Kier alpha value is -11.5. The van der Waals surface area contributed by atoms with Crippen LogP contribution in [0.4, 0.5) is 0 Å². The van der Waals surface area contributed by atoms with Crippen molar-refractivity contribution in [3.63, 3.8) is 0 Å². The molecule has 0 aliphatic heterocycles. The van der Waals surface area contributed by atoms with Crippen LogP contribution >= 0.6 is 0 Å². The fraction of sp³-hybridized carbons (Fsp3) is 0.486. The normalized spacial score (nSPS) is 14.9. The van der Waals surface area contributed by atoms with Crippen LogP contribution < -0.4 is 75.7 Å². The molecule has 34 nitrogen and oxygen atoms in total. The fourth-order valence-corrected chi connectivity index (χ4v) is 11.1. The Kier molecular flexibility index (Phi) is 33.6. The highest BCUT2D eigenvalue weighted by molar-refractivity contribution is 6.00. The molecule has 0 saturated heterocycles. The molecule has 13 amide bonds. The third kappa shape index (κ3) is 28.0. The molecule has 0 spiro atoms. The molecular weight excluding hydrogens is 1370 g/mol. The third-order valence-corrected chi connectivity index (χ3v) is 17.7. The Labute approximate surface area is 614 Å². The lowest BCUT2D eigenvalue weighted by Gasteiger charge is -2.29. The summed E-state index contributed by atoms with van der Waals surface area (Å²) in [6.07, 6.45) is 5.39. The topological polar surface area (TPSA) is 550 Å². The van der Waals surface area contributed by atoms with Crippen molar-refractivity contribution < 1.29 is 77.6 Å². The number of aromatic nitrogens is 4. The number of nitrogens with zero attached hydrogens (tertiary/aromatic N) is 2. The number of H-pyrrole nitrogens is 2. The van der Waals surface area contributed by atoms with Crippen LogP contribution in [0.25, 0.3) is 0 Å². The van der Waals surface area contributed by atoms with Gasteiger partial charge in [-0.25, -0.2) is 9.97 Å². The van der Waals surface area contributed by atoms with Gasteiger partial charge in [0.1, 0.15) is 77.7 Å². The first-order valence-electron chi connectivity index (χ1n) is 35.1. The van der Waals surface area contributed by atoms with E-state index in [1.54, 1.807) is 67.5 Å². The van der Waals surface area contributed by atoms with Crippen LogP contribution in [0.1, 0.15) is 122 Å². The van der Waals surface area contributed by atoms with E-state index in [0.29, 0.717) is 40.9 Å². The van der Waals surface area contributed by atoms with Gasteiger partial charge in [0.25, 0.3) is 0 Å². The summed E-state index contributed by atoms with van der Waals surface area (Å²) in [5.41, 5.74) is 20.2. The van der Waals surface area contributed by atoms with Crippen molar-refractivity contribution in [2.75, 3.05) is 6.54 Å². The number of nitrogens with one attached hydrogen (secondary N) is 13. The summed E-state index contributed by atoms with van der Waals surface area (Å²) >= 11 is 0. The average molecular weight is 1480 g/mol. The van der Waals surface area contributed by atoms with E-state index in [1.165, 1.54) is 92.6 Å². The fourth-order valence-electron chi connectivity index (χ4n) is 11.1. The Morgan fingerprint density at radius 1 is 0.434 bits per heavy atom. The third-order valence-electron chi connectivity index (χ3n) is 17.7. The van der Waals surface area contributed by atoms with Gasteiger partial charge in [-0.05, 0) is 103 Å². The molecule has 576 valence electrons. The number of hydrogen-bond acceptors (Lipinski definition) is 19. The van der Waals surface area contributed by atoms with E-state index in [2.05, 4.69) is 78.4 Å². The predicted octanol–water partition coefficient (Wildman–Crippen LogP) is -1.38. The second-order valence-corrected chi connectivity index (χ2v) is 27.2. The number of aromatic amines is 2. The summed E-state index contributed by atoms with van der Waals surface area (Å²) in [7, 11) is 0. The number of primary amides is 2. The lowest BCUT2D eigenvalue weighted by atomic mass is 9.96. The number of rotatable bonds is 43. The smallest absolute Gasteiger partial charge is 0.243 e. The molecule has 0 bridgehead atoms. The number of amides is 13. The van der Waals surface area contributed by atoms with Crippen molar-refractivity contribution in [2.24, 2.45) is 40.9 Å². The second-order valence-electron chi connectivity index (χ2n) is 27.2. The van der Waals surface area contributed by atoms with Crippen LogP contribution in [0, 0.1) is 23.7 Å². The molecule has 2 aromatic heterocycles. The molecule has 1 unspecified atom stereocenters. The van der Waals surface area contributed by atoms with Crippen LogP contribution in [-0.4, -0.2) is 185 Å². The molecular formula is C72H102N18O16. The van der Waals surface area contributed by atoms with E-state index in [-0.39, 0.29) is 68.1 Å². The van der Waals surface area contributed by atoms with Crippen LogP contribution in [0.3, 0.4) is 0 Å². The molecule has 34 heteroatoms. The number of nitrogens with two attached hydrogens (primary N) is 3. The molecule has 106 heavy (non-hydrogen) atoms. The summed E-state index contributed by atoms with van der Waals surface area (Å²) < 4.78 is 0. The number of aromatic hydroxyl groups is 3. The van der Waals surface area contributed by atoms with Gasteiger partial charge in [0.15, 0.2) is 0 Å². The molecule has 0 saturated carbocycles. The van der Waals surface area contributed by atoms with Crippen LogP contribution in [-0.2, 0) is 94.4 Å². The van der Waals surface area contributed by atoms with Gasteiger partial charge in [-0.2, -0.15) is 0 Å². The molecule has 0 aliphatic rings. The number of benzene rings is 3. The number of phenolic OH excluding ortho intramolecular Hbond substituents is 3. The van der Waals surface area contributed by atoms with Crippen molar-refractivity contribution in [2.45, 2.75) is 193 Å². The Balaban J connectivity index is 1.26. The molecule has 0 radical (unpaired) electrons. The number of aryl methyl sites for hydroxylation is 1. The van der Waals surface area contributed by atoms with Gasteiger partial charge in [-0.15, -0.1) is 0 Å². The molecule has 5 aromatic rings. The van der Waals surface area contributed by atoms with E-state index in [0.717, 1.165) is 0 Å². The SMILES string of the molecule is CC[C@H](C)[C@H](NC(=O)[C@H](Cc1cnc[nH]1)NC(=O)[C@@H](N)Cc1cnc[nH]1)C(=O)NC(Cc1ccc(O)cc1)C(=O)N[C@@H](CC(C)C)C(=O)NCC(=O)N[C@@H](C)C(=O)N[C@H](C(=O)N[C@@H](CC(N)=O)C(=O)N[C@@H](CCc1ccc(O)cc1)C(=O)N[C@H](C(=O)N[C@@H](Cc1ccc(O)cc1)C(N)=O)[C@@H](C)CC)C(C)C. The Morgan fingerprint density at radius 2 is 0.840 bits per heavy atom. The molecule has 0 fully saturated rings. The van der Waals surface area contributed by atoms with E-state index in [1.807, 2.05) is 0 Å². The minimum absolute atomic E-state index is 0.0151. The minimum Gasteiger partial charge on any atom is -0.508 e. The Bertz CT molecular complexity index is 3760. The zero-order valence-electron chi connectivity index (χ0n) is 61.0. The summed E-state index contributed by atoms with van der Waals surface area (Å²) in [4.78, 5) is 194. The van der Waals surface area contributed by atoms with Gasteiger partial charge < -0.3 is 101 Å². The minimum atomic E-state index is -1.77. The van der Waals surface area contributed by atoms with E-state index < -0.39 is 174 Å². The number of carbonyl (C=O) groups is 13. The molecule has 5 rings (SSSR count). The number of imidazole rings is 2. The molecule has 13 atom stereocenters. The van der Waals surface area contributed by atoms with Crippen molar-refractivity contribution in [1.29, 1.82) is 0 Å². The first-order valence-corrected chi connectivity index (χ1v) is 35.1. The second kappa shape index (κ2) is 41.7. The highest BCUT2D eigenvalue weighted by atomic mass is 16.3. The van der Waals surface area contributed by atoms with Crippen LogP contribution in [0.5, 0.6) is 17.2 Å². The van der Waals surface area contributed by atoms with E-state index in [9.17, 15) is 77.6 Å². The highest BCUT2D eigenvalue weighted by Gasteiger charge is 2.38. The zero-order chi connectivity index (χ0) is 78.5. The number of hydrogen-bond donors (Lipinski definition) is 19. The predicted molar refractivity (Wildman–Crippen MR) is 387 cm³/mol. The summed E-state index contributed by atoms with van der Waals surface area (Å²) in [5, 5.41) is 58.4. The largest absolute Gasteiger partial charge is 0.508 e. The summed E-state index contributed by atoms with van der Waals surface area (Å²) in [6, 6.07) is 2.55. The van der Waals surface area contributed by atoms with Gasteiger partial charge in [-0.1, -0.05) is 105 Å². The van der Waals surface area contributed by atoms with Crippen molar-refractivity contribution >= 4 is 76.8 Å². The van der Waals surface area contributed by atoms with Crippen molar-refractivity contribution in [3.05, 3.63) is 126 Å². The van der Waals surface area contributed by atoms with E-state index >= 15 is 0 Å². The van der Waals surface area contributed by atoms with Gasteiger partial charge in [0.2, 0.25) is 76.8 Å². The van der Waals surface area contributed by atoms with Crippen LogP contribution in [0.15, 0.2) is 97.8 Å². The van der Waals surface area contributed by atoms with Gasteiger partial charge >= 0.3 is 0 Å². The highest BCUT2D eigenvalue weighted by Crippen LogP contribution is 2.19.